The first-order chi connectivity index (χ1) is 10.0. The predicted octanol–water partition coefficient (Wildman–Crippen LogP) is 3.81. The Labute approximate surface area is 124 Å². The van der Waals surface area contributed by atoms with Crippen molar-refractivity contribution in [3.63, 3.8) is 0 Å². The first kappa shape index (κ1) is 14.9. The van der Waals surface area contributed by atoms with Crippen LogP contribution in [0.15, 0.2) is 36.4 Å². The number of aryl methyl sites for hydroxylation is 2. The minimum Gasteiger partial charge on any atom is -0.462 e. The highest BCUT2D eigenvalue weighted by Crippen LogP contribution is 2.26. The van der Waals surface area contributed by atoms with Crippen molar-refractivity contribution in [2.24, 2.45) is 0 Å². The van der Waals surface area contributed by atoms with Crippen molar-refractivity contribution in [1.29, 1.82) is 0 Å². The van der Waals surface area contributed by atoms with E-state index in [0.29, 0.717) is 23.5 Å². The third-order valence-corrected chi connectivity index (χ3v) is 3.20. The van der Waals surface area contributed by atoms with Crippen molar-refractivity contribution in [2.75, 3.05) is 17.7 Å². The molecule has 2 aromatic carbocycles. The third-order valence-electron chi connectivity index (χ3n) is 3.20. The molecule has 2 rings (SSSR count). The van der Waals surface area contributed by atoms with Crippen LogP contribution in [0.5, 0.6) is 0 Å². The number of rotatable bonds is 4. The largest absolute Gasteiger partial charge is 0.462 e. The molecule has 110 valence electrons. The second kappa shape index (κ2) is 6.31. The summed E-state index contributed by atoms with van der Waals surface area (Å²) in [5.41, 5.74) is 10.7. The molecule has 0 heterocycles. The lowest BCUT2D eigenvalue weighted by molar-refractivity contribution is 0.0527. The van der Waals surface area contributed by atoms with Gasteiger partial charge in [0.25, 0.3) is 0 Å². The van der Waals surface area contributed by atoms with Crippen LogP contribution in [0.4, 0.5) is 17.1 Å². The lowest BCUT2D eigenvalue weighted by atomic mass is 10.1. The van der Waals surface area contributed by atoms with E-state index >= 15 is 0 Å². The molecule has 0 aliphatic carbocycles. The Balaban J connectivity index is 2.39. The van der Waals surface area contributed by atoms with Crippen molar-refractivity contribution in [3.05, 3.63) is 53.1 Å². The van der Waals surface area contributed by atoms with E-state index < -0.39 is 0 Å². The van der Waals surface area contributed by atoms with Crippen LogP contribution in [-0.2, 0) is 4.74 Å². The standard InChI is InChI=1S/C17H20N2O2/c1-4-21-17(20)14-10-13(18)7-8-15(14)19-16-9-11(2)5-6-12(16)3/h5-10,19H,4,18H2,1-3H3. The quantitative estimate of drug-likeness (QED) is 0.662. The fourth-order valence-electron chi connectivity index (χ4n) is 2.06. The van der Waals surface area contributed by atoms with Gasteiger partial charge in [-0.15, -0.1) is 0 Å². The van der Waals surface area contributed by atoms with E-state index in [1.54, 1.807) is 25.1 Å². The molecule has 2 aromatic rings. The Hall–Kier alpha value is -2.49. The highest BCUT2D eigenvalue weighted by molar-refractivity contribution is 5.97. The number of carbonyl (C=O) groups excluding carboxylic acids is 1. The Morgan fingerprint density at radius 3 is 2.62 bits per heavy atom. The number of hydrogen-bond donors (Lipinski definition) is 2. The molecule has 0 atom stereocenters. The summed E-state index contributed by atoms with van der Waals surface area (Å²) in [5, 5.41) is 3.29. The van der Waals surface area contributed by atoms with E-state index in [-0.39, 0.29) is 5.97 Å². The molecule has 21 heavy (non-hydrogen) atoms. The van der Waals surface area contributed by atoms with Crippen LogP contribution in [0.1, 0.15) is 28.4 Å². The fourth-order valence-corrected chi connectivity index (χ4v) is 2.06. The second-order valence-electron chi connectivity index (χ2n) is 4.97. The zero-order valence-electron chi connectivity index (χ0n) is 12.6. The van der Waals surface area contributed by atoms with Crippen molar-refractivity contribution in [2.45, 2.75) is 20.8 Å². The zero-order chi connectivity index (χ0) is 15.4. The molecular weight excluding hydrogens is 264 g/mol. The molecule has 0 aromatic heterocycles. The normalized spacial score (nSPS) is 10.2. The van der Waals surface area contributed by atoms with Crippen molar-refractivity contribution >= 4 is 23.0 Å². The molecular formula is C17H20N2O2. The number of hydrogen-bond acceptors (Lipinski definition) is 4. The Morgan fingerprint density at radius 2 is 1.90 bits per heavy atom. The number of nitrogen functional groups attached to an aromatic ring is 1. The van der Waals surface area contributed by atoms with E-state index in [2.05, 4.69) is 11.4 Å². The highest BCUT2D eigenvalue weighted by atomic mass is 16.5. The Kier molecular flexibility index (Phi) is 4.48. The lowest BCUT2D eigenvalue weighted by Gasteiger charge is -2.14. The van der Waals surface area contributed by atoms with Gasteiger partial charge in [-0.25, -0.2) is 4.79 Å². The summed E-state index contributed by atoms with van der Waals surface area (Å²) in [5.74, 6) is -0.377. The van der Waals surface area contributed by atoms with Crippen molar-refractivity contribution in [1.82, 2.24) is 0 Å². The molecule has 0 amide bonds. The summed E-state index contributed by atoms with van der Waals surface area (Å²) >= 11 is 0. The van der Waals surface area contributed by atoms with Crippen LogP contribution in [0.25, 0.3) is 0 Å². The first-order valence-electron chi connectivity index (χ1n) is 6.92. The average molecular weight is 284 g/mol. The van der Waals surface area contributed by atoms with Gasteiger partial charge < -0.3 is 15.8 Å². The number of nitrogens with two attached hydrogens (primary N) is 1. The number of anilines is 3. The number of carbonyl (C=O) groups is 1. The van der Waals surface area contributed by atoms with Crippen LogP contribution >= 0.6 is 0 Å². The lowest BCUT2D eigenvalue weighted by Crippen LogP contribution is -2.09. The van der Waals surface area contributed by atoms with Gasteiger partial charge in [-0.1, -0.05) is 12.1 Å². The number of nitrogens with one attached hydrogen (secondary N) is 1. The number of ether oxygens (including phenoxy) is 1. The van der Waals surface area contributed by atoms with E-state index in [4.69, 9.17) is 10.5 Å². The molecule has 0 bridgehead atoms. The van der Waals surface area contributed by atoms with E-state index in [1.165, 1.54) is 0 Å². The minimum atomic E-state index is -0.377. The summed E-state index contributed by atoms with van der Waals surface area (Å²) in [6, 6.07) is 11.3. The van der Waals surface area contributed by atoms with E-state index in [9.17, 15) is 4.79 Å². The van der Waals surface area contributed by atoms with Gasteiger partial charge in [0.1, 0.15) is 0 Å². The second-order valence-corrected chi connectivity index (χ2v) is 4.97. The molecule has 0 aliphatic heterocycles. The average Bonchev–Trinajstić information content (AvgIpc) is 2.45. The van der Waals surface area contributed by atoms with Crippen LogP contribution in [0.3, 0.4) is 0 Å². The highest BCUT2D eigenvalue weighted by Gasteiger charge is 2.14. The predicted molar refractivity (Wildman–Crippen MR) is 86.0 cm³/mol. The molecule has 0 radical (unpaired) electrons. The van der Waals surface area contributed by atoms with Crippen LogP contribution in [-0.4, -0.2) is 12.6 Å². The van der Waals surface area contributed by atoms with Gasteiger partial charge >= 0.3 is 5.97 Å². The summed E-state index contributed by atoms with van der Waals surface area (Å²) in [4.78, 5) is 12.0. The SMILES string of the molecule is CCOC(=O)c1cc(N)ccc1Nc1cc(C)ccc1C. The van der Waals surface area contributed by atoms with Crippen molar-refractivity contribution < 1.29 is 9.53 Å². The van der Waals surface area contributed by atoms with Gasteiger partial charge in [0, 0.05) is 11.4 Å². The monoisotopic (exact) mass is 284 g/mol. The number of esters is 1. The van der Waals surface area contributed by atoms with Gasteiger partial charge in [-0.2, -0.15) is 0 Å². The van der Waals surface area contributed by atoms with E-state index in [1.807, 2.05) is 26.0 Å². The summed E-state index contributed by atoms with van der Waals surface area (Å²) in [7, 11) is 0. The maximum Gasteiger partial charge on any atom is 0.340 e. The van der Waals surface area contributed by atoms with Gasteiger partial charge in [0.05, 0.1) is 17.9 Å². The maximum absolute atomic E-state index is 12.0. The van der Waals surface area contributed by atoms with Gasteiger partial charge in [0.2, 0.25) is 0 Å². The molecule has 0 spiro atoms. The van der Waals surface area contributed by atoms with Gasteiger partial charge in [-0.3, -0.25) is 0 Å². The maximum atomic E-state index is 12.0. The fraction of sp³-hybridized carbons (Fsp3) is 0.235. The summed E-state index contributed by atoms with van der Waals surface area (Å²) in [6.07, 6.45) is 0. The van der Waals surface area contributed by atoms with E-state index in [0.717, 1.165) is 16.8 Å². The topological polar surface area (TPSA) is 64.3 Å². The first-order valence-corrected chi connectivity index (χ1v) is 6.92. The molecule has 0 unspecified atom stereocenters. The third kappa shape index (κ3) is 3.54. The Bertz CT molecular complexity index is 666. The van der Waals surface area contributed by atoms with Gasteiger partial charge in [-0.05, 0) is 56.2 Å². The Morgan fingerprint density at radius 1 is 1.14 bits per heavy atom. The van der Waals surface area contributed by atoms with Crippen LogP contribution in [0, 0.1) is 13.8 Å². The molecule has 4 heteroatoms. The molecule has 0 saturated heterocycles. The molecule has 0 fully saturated rings. The summed E-state index contributed by atoms with van der Waals surface area (Å²) < 4.78 is 5.08. The summed E-state index contributed by atoms with van der Waals surface area (Å²) in [6.45, 7) is 6.15. The van der Waals surface area contributed by atoms with Crippen LogP contribution in [0.2, 0.25) is 0 Å². The number of benzene rings is 2. The molecule has 3 N–H and O–H groups in total. The van der Waals surface area contributed by atoms with Gasteiger partial charge in [0.15, 0.2) is 0 Å². The minimum absolute atomic E-state index is 0.330. The van der Waals surface area contributed by atoms with Crippen LogP contribution < -0.4 is 11.1 Å². The molecule has 0 aliphatic rings. The smallest absolute Gasteiger partial charge is 0.340 e. The molecule has 0 saturated carbocycles. The molecule has 4 nitrogen and oxygen atoms in total. The van der Waals surface area contributed by atoms with Crippen molar-refractivity contribution in [3.8, 4) is 0 Å². The zero-order valence-corrected chi connectivity index (χ0v) is 12.6.